The van der Waals surface area contributed by atoms with E-state index in [2.05, 4.69) is 10.3 Å². The Morgan fingerprint density at radius 2 is 1.84 bits per heavy atom. The molecule has 1 amide bonds. The van der Waals surface area contributed by atoms with Gasteiger partial charge in [0.2, 0.25) is 5.91 Å². The summed E-state index contributed by atoms with van der Waals surface area (Å²) in [6, 6.07) is 10.7. The quantitative estimate of drug-likeness (QED) is 0.339. The Hall–Kier alpha value is -2.74. The number of alkyl halides is 5. The second-order valence-electron chi connectivity index (χ2n) is 8.44. The van der Waals surface area contributed by atoms with Gasteiger partial charge in [-0.05, 0) is 54.7 Å². The van der Waals surface area contributed by atoms with Crippen LogP contribution >= 0.6 is 11.6 Å². The highest BCUT2D eigenvalue weighted by Crippen LogP contribution is 2.51. The van der Waals surface area contributed by atoms with E-state index in [1.807, 2.05) is 12.1 Å². The zero-order valence-corrected chi connectivity index (χ0v) is 17.4. The molecule has 0 radical (unpaired) electrons. The number of ether oxygens (including phenoxy) is 1. The Bertz CT molecular complexity index is 1170. The van der Waals surface area contributed by atoms with Gasteiger partial charge in [-0.1, -0.05) is 23.7 Å². The van der Waals surface area contributed by atoms with Gasteiger partial charge in [0.05, 0.1) is 23.3 Å². The van der Waals surface area contributed by atoms with E-state index in [1.54, 1.807) is 12.3 Å². The Morgan fingerprint density at radius 3 is 2.47 bits per heavy atom. The van der Waals surface area contributed by atoms with E-state index >= 15 is 0 Å². The number of benzene rings is 2. The molecule has 0 spiro atoms. The van der Waals surface area contributed by atoms with Crippen LogP contribution in [-0.4, -0.2) is 22.1 Å². The van der Waals surface area contributed by atoms with Crippen LogP contribution in [0.4, 0.5) is 23.2 Å². The van der Waals surface area contributed by atoms with Crippen molar-refractivity contribution >= 4 is 34.1 Å². The van der Waals surface area contributed by atoms with Crippen molar-refractivity contribution in [2.75, 3.05) is 5.32 Å². The normalized spacial score (nSPS) is 27.1. The van der Waals surface area contributed by atoms with Gasteiger partial charge in [0.1, 0.15) is 5.75 Å². The smallest absolute Gasteiger partial charge is 0.416 e. The highest BCUT2D eigenvalue weighted by Gasteiger charge is 2.58. The SMILES string of the molecule is O=C(Nc1c[nH]c2ccc(O[C@H]3C[C@@H](c4ccc(C(F)(F)F)cc4)C3)cc12)C1CC1(F)Cl. The third-order valence-electron chi connectivity index (χ3n) is 6.16. The van der Waals surface area contributed by atoms with E-state index in [0.717, 1.165) is 28.6 Å². The number of carbonyl (C=O) groups is 1. The molecule has 0 saturated heterocycles. The third-order valence-corrected chi connectivity index (χ3v) is 6.58. The zero-order chi connectivity index (χ0) is 22.7. The molecule has 4 nitrogen and oxygen atoms in total. The molecule has 0 aliphatic heterocycles. The van der Waals surface area contributed by atoms with E-state index in [4.69, 9.17) is 16.3 Å². The van der Waals surface area contributed by atoms with Gasteiger partial charge in [0.25, 0.3) is 0 Å². The number of aromatic amines is 1. The third kappa shape index (κ3) is 4.03. The summed E-state index contributed by atoms with van der Waals surface area (Å²) in [4.78, 5) is 15.2. The second kappa shape index (κ2) is 7.40. The lowest BCUT2D eigenvalue weighted by Crippen LogP contribution is -2.32. The van der Waals surface area contributed by atoms with Crippen molar-refractivity contribution in [2.45, 2.75) is 42.6 Å². The van der Waals surface area contributed by atoms with Crippen molar-refractivity contribution in [1.82, 2.24) is 4.98 Å². The molecule has 1 aromatic heterocycles. The monoisotopic (exact) mass is 466 g/mol. The minimum Gasteiger partial charge on any atom is -0.490 e. The molecule has 2 aliphatic carbocycles. The van der Waals surface area contributed by atoms with Gasteiger partial charge in [-0.3, -0.25) is 4.79 Å². The average Bonchev–Trinajstić information content (AvgIpc) is 3.18. The van der Waals surface area contributed by atoms with Crippen LogP contribution in [-0.2, 0) is 11.0 Å². The highest BCUT2D eigenvalue weighted by molar-refractivity contribution is 6.27. The minimum absolute atomic E-state index is 0.00111. The van der Waals surface area contributed by atoms with Crippen molar-refractivity contribution in [3.05, 3.63) is 59.8 Å². The number of fused-ring (bicyclic) bond motifs is 1. The van der Waals surface area contributed by atoms with E-state index < -0.39 is 28.7 Å². The number of aromatic nitrogens is 1. The highest BCUT2D eigenvalue weighted by atomic mass is 35.5. The lowest BCUT2D eigenvalue weighted by molar-refractivity contribution is -0.137. The number of nitrogens with one attached hydrogen (secondary N) is 2. The van der Waals surface area contributed by atoms with Gasteiger partial charge >= 0.3 is 6.18 Å². The first-order valence-electron chi connectivity index (χ1n) is 10.2. The van der Waals surface area contributed by atoms with Crippen LogP contribution in [0.5, 0.6) is 5.75 Å². The summed E-state index contributed by atoms with van der Waals surface area (Å²) in [5.41, 5.74) is 1.52. The maximum absolute atomic E-state index is 13.6. The summed E-state index contributed by atoms with van der Waals surface area (Å²) in [5.74, 6) is -0.547. The van der Waals surface area contributed by atoms with Crippen molar-refractivity contribution in [2.24, 2.45) is 5.92 Å². The minimum atomic E-state index is -4.34. The zero-order valence-electron chi connectivity index (χ0n) is 16.7. The van der Waals surface area contributed by atoms with E-state index in [-0.39, 0.29) is 18.4 Å². The maximum Gasteiger partial charge on any atom is 0.416 e. The van der Waals surface area contributed by atoms with Crippen LogP contribution in [0.1, 0.15) is 36.3 Å². The Balaban J connectivity index is 1.21. The van der Waals surface area contributed by atoms with Gasteiger partial charge in [-0.25, -0.2) is 4.39 Å². The molecule has 0 bridgehead atoms. The van der Waals surface area contributed by atoms with E-state index in [0.29, 0.717) is 24.3 Å². The molecule has 2 aromatic carbocycles. The van der Waals surface area contributed by atoms with Crippen LogP contribution < -0.4 is 10.1 Å². The number of carbonyl (C=O) groups excluding carboxylic acids is 1. The number of H-pyrrole nitrogens is 1. The Kier molecular flexibility index (Phi) is 4.89. The first-order valence-corrected chi connectivity index (χ1v) is 10.6. The molecule has 2 saturated carbocycles. The lowest BCUT2D eigenvalue weighted by Gasteiger charge is -2.35. The van der Waals surface area contributed by atoms with E-state index in [1.165, 1.54) is 12.1 Å². The number of hydrogen-bond donors (Lipinski definition) is 2. The topological polar surface area (TPSA) is 54.1 Å². The predicted molar refractivity (Wildman–Crippen MR) is 113 cm³/mol. The van der Waals surface area contributed by atoms with Gasteiger partial charge in [-0.15, -0.1) is 0 Å². The fraction of sp³-hybridized carbons (Fsp3) is 0.348. The molecule has 2 aliphatic rings. The van der Waals surface area contributed by atoms with Gasteiger partial charge in [0.15, 0.2) is 5.13 Å². The summed E-state index contributed by atoms with van der Waals surface area (Å²) in [6.45, 7) is 0. The van der Waals surface area contributed by atoms with Gasteiger partial charge < -0.3 is 15.0 Å². The van der Waals surface area contributed by atoms with Crippen molar-refractivity contribution in [3.8, 4) is 5.75 Å². The lowest BCUT2D eigenvalue weighted by atomic mass is 9.77. The van der Waals surface area contributed by atoms with Crippen LogP contribution in [0, 0.1) is 5.92 Å². The summed E-state index contributed by atoms with van der Waals surface area (Å²) < 4.78 is 57.7. The standard InChI is InChI=1S/C23H19ClF4N2O2/c24-22(25)10-18(22)21(31)30-20-11-29-19-6-5-15(9-17(19)20)32-16-7-13(8-16)12-1-3-14(4-2-12)23(26,27)28/h1-6,9,11,13,16,18,29H,7-8,10H2,(H,30,31)/t13-,16+,18?,22?. The first kappa shape index (κ1) is 21.1. The summed E-state index contributed by atoms with van der Waals surface area (Å²) in [5, 5.41) is 1.48. The van der Waals surface area contributed by atoms with Crippen molar-refractivity contribution in [1.29, 1.82) is 0 Å². The summed E-state index contributed by atoms with van der Waals surface area (Å²) in [6.07, 6.45) is -1.35. The molecule has 2 unspecified atom stereocenters. The number of amides is 1. The molecule has 5 rings (SSSR count). The Morgan fingerprint density at radius 1 is 1.16 bits per heavy atom. The average molecular weight is 467 g/mol. The van der Waals surface area contributed by atoms with Crippen LogP contribution in [0.3, 0.4) is 0 Å². The molecular formula is C23H19ClF4N2O2. The number of rotatable bonds is 5. The molecule has 3 aromatic rings. The van der Waals surface area contributed by atoms with Gasteiger partial charge in [0, 0.05) is 23.5 Å². The molecule has 168 valence electrons. The molecule has 2 atom stereocenters. The first-order chi connectivity index (χ1) is 15.1. The number of anilines is 1. The molecule has 9 heteroatoms. The summed E-state index contributed by atoms with van der Waals surface area (Å²) >= 11 is 5.54. The molecule has 1 heterocycles. The van der Waals surface area contributed by atoms with Crippen LogP contribution in [0.15, 0.2) is 48.7 Å². The van der Waals surface area contributed by atoms with Crippen molar-refractivity contribution in [3.63, 3.8) is 0 Å². The predicted octanol–water partition coefficient (Wildman–Crippen LogP) is 6.37. The van der Waals surface area contributed by atoms with Gasteiger partial charge in [-0.2, -0.15) is 13.2 Å². The number of hydrogen-bond acceptors (Lipinski definition) is 2. The molecule has 2 fully saturated rings. The molecular weight excluding hydrogens is 448 g/mol. The van der Waals surface area contributed by atoms with Crippen LogP contribution in [0.25, 0.3) is 10.9 Å². The van der Waals surface area contributed by atoms with Crippen molar-refractivity contribution < 1.29 is 27.1 Å². The van der Waals surface area contributed by atoms with E-state index in [9.17, 15) is 22.4 Å². The molecule has 2 N–H and O–H groups in total. The number of halogens is 5. The second-order valence-corrected chi connectivity index (χ2v) is 9.07. The Labute approximate surface area is 185 Å². The fourth-order valence-electron chi connectivity index (χ4n) is 4.06. The van der Waals surface area contributed by atoms with Crippen LogP contribution in [0.2, 0.25) is 0 Å². The maximum atomic E-state index is 13.6. The largest absolute Gasteiger partial charge is 0.490 e. The summed E-state index contributed by atoms with van der Waals surface area (Å²) in [7, 11) is 0. The fourth-order valence-corrected chi connectivity index (χ4v) is 4.32. The molecule has 32 heavy (non-hydrogen) atoms.